The molecule has 1 saturated heterocycles. The highest BCUT2D eigenvalue weighted by Gasteiger charge is 2.38. The highest BCUT2D eigenvalue weighted by molar-refractivity contribution is 5.79. The van der Waals surface area contributed by atoms with E-state index in [2.05, 4.69) is 33.8 Å². The summed E-state index contributed by atoms with van der Waals surface area (Å²) >= 11 is 0. The molecule has 152 valence electrons. The van der Waals surface area contributed by atoms with Crippen molar-refractivity contribution in [2.75, 3.05) is 13.1 Å². The van der Waals surface area contributed by atoms with Gasteiger partial charge in [0.05, 0.1) is 12.1 Å². The van der Waals surface area contributed by atoms with Gasteiger partial charge in [0.25, 0.3) is 0 Å². The number of carbonyl (C=O) groups is 1. The molecule has 7 nitrogen and oxygen atoms in total. The number of hydrogen-bond acceptors (Lipinski definition) is 5. The Balaban J connectivity index is 1.38. The number of amides is 1. The Kier molecular flexibility index (Phi) is 5.02. The van der Waals surface area contributed by atoms with Crippen molar-refractivity contribution in [3.05, 3.63) is 28.7 Å². The Bertz CT molecular complexity index is 839. The lowest BCUT2D eigenvalue weighted by atomic mass is 9.72. The summed E-state index contributed by atoms with van der Waals surface area (Å²) in [6.07, 6.45) is 5.85. The number of carbonyl (C=O) groups excluding carboxylic acids is 1. The number of fused-ring (bicyclic) bond motifs is 1. The second-order valence-corrected chi connectivity index (χ2v) is 8.89. The van der Waals surface area contributed by atoms with Gasteiger partial charge in [0.1, 0.15) is 17.4 Å². The fourth-order valence-corrected chi connectivity index (χ4v) is 4.80. The second-order valence-electron chi connectivity index (χ2n) is 8.89. The Labute approximate surface area is 166 Å². The molecule has 0 aromatic carbocycles. The zero-order valence-corrected chi connectivity index (χ0v) is 17.5. The number of piperidine rings is 1. The second kappa shape index (κ2) is 7.33. The van der Waals surface area contributed by atoms with Crippen LogP contribution in [-0.4, -0.2) is 43.8 Å². The largest absolute Gasteiger partial charge is 0.361 e. The molecule has 2 aliphatic rings. The minimum atomic E-state index is 0.192. The van der Waals surface area contributed by atoms with Crippen molar-refractivity contribution in [3.8, 4) is 0 Å². The lowest BCUT2D eigenvalue weighted by Crippen LogP contribution is -2.44. The minimum absolute atomic E-state index is 0.192. The Hall–Kier alpha value is -2.18. The van der Waals surface area contributed by atoms with Crippen molar-refractivity contribution in [2.45, 2.75) is 78.7 Å². The van der Waals surface area contributed by atoms with Crippen LogP contribution < -0.4 is 0 Å². The van der Waals surface area contributed by atoms with Crippen molar-refractivity contribution < 1.29 is 9.32 Å². The molecule has 2 aliphatic heterocycles. The van der Waals surface area contributed by atoms with Crippen molar-refractivity contribution >= 4 is 5.91 Å². The van der Waals surface area contributed by atoms with Crippen LogP contribution in [0.5, 0.6) is 0 Å². The lowest BCUT2D eigenvalue weighted by molar-refractivity contribution is -0.133. The number of aromatic nitrogens is 4. The first-order valence-corrected chi connectivity index (χ1v) is 10.5. The van der Waals surface area contributed by atoms with Gasteiger partial charge in [0, 0.05) is 37.5 Å². The van der Waals surface area contributed by atoms with Gasteiger partial charge >= 0.3 is 0 Å². The van der Waals surface area contributed by atoms with Crippen LogP contribution in [0, 0.1) is 19.3 Å². The van der Waals surface area contributed by atoms with Gasteiger partial charge in [-0.3, -0.25) is 4.79 Å². The van der Waals surface area contributed by atoms with E-state index in [0.717, 1.165) is 80.4 Å². The summed E-state index contributed by atoms with van der Waals surface area (Å²) in [5.74, 6) is 3.60. The van der Waals surface area contributed by atoms with E-state index >= 15 is 0 Å². The van der Waals surface area contributed by atoms with Crippen LogP contribution in [0.4, 0.5) is 0 Å². The van der Waals surface area contributed by atoms with Gasteiger partial charge in [-0.1, -0.05) is 19.0 Å². The van der Waals surface area contributed by atoms with Crippen LogP contribution in [0.2, 0.25) is 0 Å². The van der Waals surface area contributed by atoms with E-state index in [-0.39, 0.29) is 5.91 Å². The zero-order chi connectivity index (χ0) is 19.9. The quantitative estimate of drug-likeness (QED) is 0.811. The average Bonchev–Trinajstić information content (AvgIpc) is 3.18. The molecule has 7 heteroatoms. The Morgan fingerprint density at radius 3 is 2.46 bits per heavy atom. The number of rotatable bonds is 3. The monoisotopic (exact) mass is 385 g/mol. The number of aryl methyl sites for hydroxylation is 3. The standard InChI is InChI=1S/C21H31N5O2/c1-14(2)20-23-22-18-5-6-21(9-12-26(18)20)7-10-25(11-8-21)19(27)13-17-15(3)24-28-16(17)4/h14H,5-13H2,1-4H3. The molecule has 0 N–H and O–H groups in total. The van der Waals surface area contributed by atoms with Crippen molar-refractivity contribution in [1.29, 1.82) is 0 Å². The zero-order valence-electron chi connectivity index (χ0n) is 17.5. The van der Waals surface area contributed by atoms with Crippen molar-refractivity contribution in [1.82, 2.24) is 24.8 Å². The van der Waals surface area contributed by atoms with Crippen LogP contribution in [-0.2, 0) is 24.2 Å². The predicted octanol–water partition coefficient (Wildman–Crippen LogP) is 3.19. The summed E-state index contributed by atoms with van der Waals surface area (Å²) in [6.45, 7) is 10.8. The molecule has 1 fully saturated rings. The molecule has 0 radical (unpaired) electrons. The maximum atomic E-state index is 12.8. The van der Waals surface area contributed by atoms with Gasteiger partial charge in [-0.2, -0.15) is 0 Å². The molecular formula is C21H31N5O2. The van der Waals surface area contributed by atoms with Gasteiger partial charge in [0.2, 0.25) is 5.91 Å². The van der Waals surface area contributed by atoms with E-state index < -0.39 is 0 Å². The molecular weight excluding hydrogens is 354 g/mol. The highest BCUT2D eigenvalue weighted by atomic mass is 16.5. The molecule has 0 aliphatic carbocycles. The number of likely N-dealkylation sites (tertiary alicyclic amines) is 1. The van der Waals surface area contributed by atoms with Gasteiger partial charge in [-0.05, 0) is 44.9 Å². The maximum absolute atomic E-state index is 12.8. The molecule has 1 spiro atoms. The molecule has 2 aromatic rings. The van der Waals surface area contributed by atoms with Crippen LogP contribution in [0.1, 0.15) is 74.1 Å². The van der Waals surface area contributed by atoms with Gasteiger partial charge < -0.3 is 14.0 Å². The molecule has 4 heterocycles. The summed E-state index contributed by atoms with van der Waals surface area (Å²) in [4.78, 5) is 14.8. The van der Waals surface area contributed by atoms with Gasteiger partial charge in [-0.25, -0.2) is 0 Å². The molecule has 2 aromatic heterocycles. The first-order chi connectivity index (χ1) is 13.4. The van der Waals surface area contributed by atoms with Crippen LogP contribution in [0.25, 0.3) is 0 Å². The normalized spacial score (nSPS) is 19.1. The van der Waals surface area contributed by atoms with Gasteiger partial charge in [0.15, 0.2) is 0 Å². The van der Waals surface area contributed by atoms with Crippen molar-refractivity contribution in [3.63, 3.8) is 0 Å². The fraction of sp³-hybridized carbons (Fsp3) is 0.714. The van der Waals surface area contributed by atoms with E-state index in [9.17, 15) is 4.79 Å². The van der Waals surface area contributed by atoms with Crippen LogP contribution in [0.3, 0.4) is 0 Å². The number of hydrogen-bond donors (Lipinski definition) is 0. The molecule has 0 saturated carbocycles. The third kappa shape index (κ3) is 3.47. The molecule has 0 unspecified atom stereocenters. The topological polar surface area (TPSA) is 77.1 Å². The lowest BCUT2D eigenvalue weighted by Gasteiger charge is -2.41. The summed E-state index contributed by atoms with van der Waals surface area (Å²) in [6, 6.07) is 0. The Morgan fingerprint density at radius 2 is 1.82 bits per heavy atom. The highest BCUT2D eigenvalue weighted by Crippen LogP contribution is 2.42. The summed E-state index contributed by atoms with van der Waals surface area (Å²) in [7, 11) is 0. The molecule has 1 amide bonds. The third-order valence-corrected chi connectivity index (χ3v) is 6.80. The smallest absolute Gasteiger partial charge is 0.227 e. The first kappa shape index (κ1) is 19.2. The van der Waals surface area contributed by atoms with E-state index in [1.54, 1.807) is 0 Å². The van der Waals surface area contributed by atoms with E-state index in [0.29, 0.717) is 17.8 Å². The molecule has 4 rings (SSSR count). The third-order valence-electron chi connectivity index (χ3n) is 6.80. The van der Waals surface area contributed by atoms with E-state index in [1.807, 2.05) is 18.7 Å². The number of nitrogens with zero attached hydrogens (tertiary/aromatic N) is 5. The average molecular weight is 386 g/mol. The SMILES string of the molecule is Cc1noc(C)c1CC(=O)N1CCC2(CCc3nnc(C(C)C)n3CC2)CC1. The minimum Gasteiger partial charge on any atom is -0.361 e. The summed E-state index contributed by atoms with van der Waals surface area (Å²) in [5, 5.41) is 12.8. The summed E-state index contributed by atoms with van der Waals surface area (Å²) in [5.41, 5.74) is 2.10. The molecule has 0 bridgehead atoms. The first-order valence-electron chi connectivity index (χ1n) is 10.5. The predicted molar refractivity (Wildman–Crippen MR) is 105 cm³/mol. The van der Waals surface area contributed by atoms with Crippen LogP contribution >= 0.6 is 0 Å². The van der Waals surface area contributed by atoms with Crippen LogP contribution in [0.15, 0.2) is 4.52 Å². The van der Waals surface area contributed by atoms with Gasteiger partial charge in [-0.15, -0.1) is 10.2 Å². The fourth-order valence-electron chi connectivity index (χ4n) is 4.80. The van der Waals surface area contributed by atoms with E-state index in [1.165, 1.54) is 0 Å². The van der Waals surface area contributed by atoms with E-state index in [4.69, 9.17) is 4.52 Å². The summed E-state index contributed by atoms with van der Waals surface area (Å²) < 4.78 is 7.54. The Morgan fingerprint density at radius 1 is 1.11 bits per heavy atom. The maximum Gasteiger partial charge on any atom is 0.227 e. The van der Waals surface area contributed by atoms with Crippen molar-refractivity contribution in [2.24, 2.45) is 5.41 Å². The molecule has 28 heavy (non-hydrogen) atoms. The molecule has 0 atom stereocenters.